The quantitative estimate of drug-likeness (QED) is 0.453. The number of ether oxygens (including phenoxy) is 1. The number of carbonyl (C=O) groups excluding carboxylic acids is 1. The van der Waals surface area contributed by atoms with Crippen molar-refractivity contribution in [2.75, 3.05) is 44.2 Å². The molecule has 0 unspecified atom stereocenters. The summed E-state index contributed by atoms with van der Waals surface area (Å²) in [6.45, 7) is 5.17. The fourth-order valence-electron chi connectivity index (χ4n) is 4.27. The van der Waals surface area contributed by atoms with Crippen molar-refractivity contribution in [3.63, 3.8) is 0 Å². The fourth-order valence-corrected chi connectivity index (χ4v) is 5.81. The summed E-state index contributed by atoms with van der Waals surface area (Å²) in [5.41, 5.74) is 0.565. The summed E-state index contributed by atoms with van der Waals surface area (Å²) in [6, 6.07) is 10.9. The molecule has 11 heteroatoms. The molecule has 34 heavy (non-hydrogen) atoms. The minimum absolute atomic E-state index is 0.0228. The van der Waals surface area contributed by atoms with E-state index in [-0.39, 0.29) is 16.6 Å². The maximum atomic E-state index is 12.9. The molecule has 0 saturated carbocycles. The summed E-state index contributed by atoms with van der Waals surface area (Å²) in [7, 11) is -3.79. The summed E-state index contributed by atoms with van der Waals surface area (Å²) >= 11 is 0. The zero-order chi connectivity index (χ0) is 24.3. The maximum absolute atomic E-state index is 12.9. The highest BCUT2D eigenvalue weighted by atomic mass is 32.2. The van der Waals surface area contributed by atoms with Crippen molar-refractivity contribution in [3.8, 4) is 11.5 Å². The van der Waals surface area contributed by atoms with Crippen molar-refractivity contribution < 1.29 is 22.9 Å². The normalized spacial score (nSPS) is 17.4. The number of piperidine rings is 1. The fraction of sp³-hybridized carbons (Fsp3) is 0.435. The predicted molar refractivity (Wildman–Crippen MR) is 127 cm³/mol. The second-order valence-corrected chi connectivity index (χ2v) is 10.4. The van der Waals surface area contributed by atoms with Crippen molar-refractivity contribution >= 4 is 27.3 Å². The molecule has 182 valence electrons. The van der Waals surface area contributed by atoms with Gasteiger partial charge in [-0.2, -0.15) is 4.31 Å². The van der Waals surface area contributed by atoms with Gasteiger partial charge in [0.05, 0.1) is 9.82 Å². The number of carbonyl (C=O) groups is 1. The standard InChI is InChI=1S/C23H28N4O6S/c1-18(28)24-13-15-25(16-14-24)19-5-7-20(8-6-19)33-23-10-9-21(17-22(23)27(29)30)34(31,32)26-11-3-2-4-12-26/h5-10,17H,2-4,11-16H2,1H3. The smallest absolute Gasteiger partial charge is 0.312 e. The van der Waals surface area contributed by atoms with Crippen LogP contribution < -0.4 is 9.64 Å². The van der Waals surface area contributed by atoms with Gasteiger partial charge < -0.3 is 14.5 Å². The van der Waals surface area contributed by atoms with E-state index in [1.807, 2.05) is 17.0 Å². The van der Waals surface area contributed by atoms with Crippen molar-refractivity contribution in [3.05, 3.63) is 52.6 Å². The Balaban J connectivity index is 1.49. The van der Waals surface area contributed by atoms with E-state index in [1.165, 1.54) is 16.4 Å². The number of hydrogen-bond acceptors (Lipinski definition) is 7. The zero-order valence-electron chi connectivity index (χ0n) is 19.1. The van der Waals surface area contributed by atoms with Crippen LogP contribution >= 0.6 is 0 Å². The molecule has 0 bridgehead atoms. The molecule has 2 aliphatic rings. The average Bonchev–Trinajstić information content (AvgIpc) is 2.85. The molecular formula is C23H28N4O6S. The van der Waals surface area contributed by atoms with E-state index < -0.39 is 20.6 Å². The number of nitro groups is 1. The SMILES string of the molecule is CC(=O)N1CCN(c2ccc(Oc3ccc(S(=O)(=O)N4CCCCC4)cc3[N+](=O)[O-])cc2)CC1. The van der Waals surface area contributed by atoms with Crippen LogP contribution in [0.5, 0.6) is 11.5 Å². The maximum Gasteiger partial charge on any atom is 0.312 e. The molecule has 0 atom stereocenters. The molecule has 10 nitrogen and oxygen atoms in total. The van der Waals surface area contributed by atoms with Gasteiger partial charge in [-0.15, -0.1) is 0 Å². The van der Waals surface area contributed by atoms with Crippen molar-refractivity contribution in [1.29, 1.82) is 0 Å². The number of benzene rings is 2. The Kier molecular flexibility index (Phi) is 7.03. The lowest BCUT2D eigenvalue weighted by Crippen LogP contribution is -2.48. The molecule has 0 aliphatic carbocycles. The minimum Gasteiger partial charge on any atom is -0.450 e. The Bertz CT molecular complexity index is 1150. The highest BCUT2D eigenvalue weighted by Crippen LogP contribution is 2.35. The molecule has 2 saturated heterocycles. The number of anilines is 1. The molecule has 2 fully saturated rings. The third-order valence-corrected chi connectivity index (χ3v) is 8.13. The second kappa shape index (κ2) is 9.98. The van der Waals surface area contributed by atoms with Gasteiger partial charge in [-0.3, -0.25) is 14.9 Å². The van der Waals surface area contributed by atoms with Crippen LogP contribution in [-0.2, 0) is 14.8 Å². The van der Waals surface area contributed by atoms with E-state index >= 15 is 0 Å². The lowest BCUT2D eigenvalue weighted by Gasteiger charge is -2.35. The number of sulfonamides is 1. The Morgan fingerprint density at radius 1 is 0.941 bits per heavy atom. The van der Waals surface area contributed by atoms with E-state index in [4.69, 9.17) is 4.74 Å². The first-order valence-electron chi connectivity index (χ1n) is 11.3. The Labute approximate surface area is 198 Å². The lowest BCUT2D eigenvalue weighted by atomic mass is 10.2. The molecule has 2 aliphatic heterocycles. The number of nitrogens with zero attached hydrogens (tertiary/aromatic N) is 4. The highest BCUT2D eigenvalue weighted by molar-refractivity contribution is 7.89. The Morgan fingerprint density at radius 3 is 2.18 bits per heavy atom. The second-order valence-electron chi connectivity index (χ2n) is 8.44. The lowest BCUT2D eigenvalue weighted by molar-refractivity contribution is -0.385. The van der Waals surface area contributed by atoms with Gasteiger partial charge >= 0.3 is 5.69 Å². The van der Waals surface area contributed by atoms with Crippen LogP contribution in [0.15, 0.2) is 47.4 Å². The van der Waals surface area contributed by atoms with E-state index in [0.717, 1.165) is 44.1 Å². The van der Waals surface area contributed by atoms with Crippen LogP contribution in [-0.4, -0.2) is 67.7 Å². The van der Waals surface area contributed by atoms with Gasteiger partial charge in [-0.1, -0.05) is 6.42 Å². The van der Waals surface area contributed by atoms with E-state index in [1.54, 1.807) is 19.1 Å². The third-order valence-electron chi connectivity index (χ3n) is 6.23. The van der Waals surface area contributed by atoms with Gasteiger partial charge in [0.1, 0.15) is 5.75 Å². The number of hydrogen-bond donors (Lipinski definition) is 0. The monoisotopic (exact) mass is 488 g/mol. The Hall–Kier alpha value is -3.18. The van der Waals surface area contributed by atoms with Crippen LogP contribution in [0.2, 0.25) is 0 Å². The van der Waals surface area contributed by atoms with E-state index in [2.05, 4.69) is 4.90 Å². The zero-order valence-corrected chi connectivity index (χ0v) is 19.9. The van der Waals surface area contributed by atoms with E-state index in [9.17, 15) is 23.3 Å². The molecule has 1 amide bonds. The number of rotatable bonds is 6. The van der Waals surface area contributed by atoms with Gasteiger partial charge in [0.2, 0.25) is 21.7 Å². The molecule has 0 radical (unpaired) electrons. The average molecular weight is 489 g/mol. The molecule has 4 rings (SSSR count). The van der Waals surface area contributed by atoms with Crippen molar-refractivity contribution in [2.24, 2.45) is 0 Å². The van der Waals surface area contributed by atoms with Crippen LogP contribution in [0.25, 0.3) is 0 Å². The highest BCUT2D eigenvalue weighted by Gasteiger charge is 2.29. The molecule has 0 aromatic heterocycles. The minimum atomic E-state index is -3.79. The van der Waals surface area contributed by atoms with Crippen molar-refractivity contribution in [2.45, 2.75) is 31.1 Å². The number of amides is 1. The third kappa shape index (κ3) is 5.15. The van der Waals surface area contributed by atoms with Crippen molar-refractivity contribution in [1.82, 2.24) is 9.21 Å². The van der Waals surface area contributed by atoms with Gasteiger partial charge in [-0.25, -0.2) is 8.42 Å². The molecule has 0 spiro atoms. The van der Waals surface area contributed by atoms with Gasteiger partial charge in [0, 0.05) is 57.9 Å². The Morgan fingerprint density at radius 2 is 1.59 bits per heavy atom. The molecule has 2 heterocycles. The van der Waals surface area contributed by atoms with Crippen LogP contribution in [0.3, 0.4) is 0 Å². The van der Waals surface area contributed by atoms with Crippen LogP contribution in [0, 0.1) is 10.1 Å². The topological polar surface area (TPSA) is 113 Å². The summed E-state index contributed by atoms with van der Waals surface area (Å²) in [5, 5.41) is 11.7. The molecule has 2 aromatic rings. The molecule has 2 aromatic carbocycles. The first-order valence-corrected chi connectivity index (χ1v) is 12.8. The van der Waals surface area contributed by atoms with Gasteiger partial charge in [0.15, 0.2) is 0 Å². The first-order chi connectivity index (χ1) is 16.3. The molecular weight excluding hydrogens is 460 g/mol. The predicted octanol–water partition coefficient (Wildman–Crippen LogP) is 3.23. The van der Waals surface area contributed by atoms with Gasteiger partial charge in [0.25, 0.3) is 0 Å². The number of nitro benzene ring substituents is 1. The van der Waals surface area contributed by atoms with Gasteiger partial charge in [-0.05, 0) is 49.2 Å². The van der Waals surface area contributed by atoms with Crippen LogP contribution in [0.4, 0.5) is 11.4 Å². The first kappa shape index (κ1) is 24.0. The summed E-state index contributed by atoms with van der Waals surface area (Å²) in [6.07, 6.45) is 2.54. The summed E-state index contributed by atoms with van der Waals surface area (Å²) in [4.78, 5) is 26.4. The largest absolute Gasteiger partial charge is 0.450 e. The summed E-state index contributed by atoms with van der Waals surface area (Å²) in [5.74, 6) is 0.450. The van der Waals surface area contributed by atoms with Crippen LogP contribution in [0.1, 0.15) is 26.2 Å². The number of piperazine rings is 1. The molecule has 0 N–H and O–H groups in total. The van der Waals surface area contributed by atoms with E-state index in [0.29, 0.717) is 31.9 Å². The summed E-state index contributed by atoms with van der Waals surface area (Å²) < 4.78 is 33.0.